The average Bonchev–Trinajstić information content (AvgIpc) is 2.66. The first-order chi connectivity index (χ1) is 12.6. The molecule has 0 fully saturated rings. The molecule has 3 rings (SSSR count). The van der Waals surface area contributed by atoms with Crippen LogP contribution in [0.4, 0.5) is 0 Å². The summed E-state index contributed by atoms with van der Waals surface area (Å²) in [6.07, 6.45) is 0.258. The number of amides is 1. The minimum atomic E-state index is -0.190. The number of hydrazone groups is 1. The third-order valence-corrected chi connectivity index (χ3v) is 4.48. The van der Waals surface area contributed by atoms with Crippen LogP contribution < -0.4 is 5.43 Å². The molecule has 0 aromatic heterocycles. The summed E-state index contributed by atoms with van der Waals surface area (Å²) in [5.41, 5.74) is 5.81. The first kappa shape index (κ1) is 18.2. The van der Waals surface area contributed by atoms with Gasteiger partial charge in [0.05, 0.1) is 22.2 Å². The maximum atomic E-state index is 12.2. The first-order valence-electron chi connectivity index (χ1n) is 8.05. The van der Waals surface area contributed by atoms with Crippen molar-refractivity contribution in [3.05, 3.63) is 106 Å². The minimum absolute atomic E-state index is 0.190. The van der Waals surface area contributed by atoms with Crippen molar-refractivity contribution in [3.8, 4) is 0 Å². The van der Waals surface area contributed by atoms with E-state index in [9.17, 15) is 4.79 Å². The molecule has 0 spiro atoms. The zero-order valence-corrected chi connectivity index (χ0v) is 15.3. The van der Waals surface area contributed by atoms with E-state index in [4.69, 9.17) is 23.2 Å². The van der Waals surface area contributed by atoms with Crippen LogP contribution in [-0.4, -0.2) is 11.6 Å². The van der Waals surface area contributed by atoms with Crippen molar-refractivity contribution >= 4 is 34.8 Å². The second-order valence-electron chi connectivity index (χ2n) is 5.65. The fourth-order valence-corrected chi connectivity index (χ4v) is 2.77. The third kappa shape index (κ3) is 4.72. The summed E-state index contributed by atoms with van der Waals surface area (Å²) in [6, 6.07) is 24.4. The van der Waals surface area contributed by atoms with E-state index in [2.05, 4.69) is 10.5 Å². The Morgan fingerprint density at radius 3 is 2.12 bits per heavy atom. The summed E-state index contributed by atoms with van der Waals surface area (Å²) >= 11 is 12.1. The molecule has 0 radical (unpaired) electrons. The fourth-order valence-electron chi connectivity index (χ4n) is 2.47. The SMILES string of the molecule is O=C(Cc1ccccc1)N/N=C(\c1ccccc1)c1ccc(Cl)c(Cl)c1. The van der Waals surface area contributed by atoms with Crippen LogP contribution >= 0.6 is 23.2 Å². The number of rotatable bonds is 5. The van der Waals surface area contributed by atoms with Gasteiger partial charge < -0.3 is 0 Å². The van der Waals surface area contributed by atoms with Gasteiger partial charge in [0.2, 0.25) is 5.91 Å². The lowest BCUT2D eigenvalue weighted by atomic mass is 10.0. The van der Waals surface area contributed by atoms with Crippen LogP contribution in [0.3, 0.4) is 0 Å². The van der Waals surface area contributed by atoms with Crippen molar-refractivity contribution in [1.82, 2.24) is 5.43 Å². The molecular weight excluding hydrogens is 367 g/mol. The molecule has 0 bridgehead atoms. The summed E-state index contributed by atoms with van der Waals surface area (Å²) < 4.78 is 0. The Labute approximate surface area is 162 Å². The van der Waals surface area contributed by atoms with E-state index in [1.165, 1.54) is 0 Å². The van der Waals surface area contributed by atoms with Gasteiger partial charge in [-0.15, -0.1) is 0 Å². The maximum absolute atomic E-state index is 12.2. The number of hydrogen-bond donors (Lipinski definition) is 1. The van der Waals surface area contributed by atoms with Gasteiger partial charge >= 0.3 is 0 Å². The molecule has 3 nitrogen and oxygen atoms in total. The number of benzene rings is 3. The van der Waals surface area contributed by atoms with E-state index < -0.39 is 0 Å². The second kappa shape index (κ2) is 8.65. The van der Waals surface area contributed by atoms with Crippen LogP contribution in [0.2, 0.25) is 10.0 Å². The predicted molar refractivity (Wildman–Crippen MR) is 107 cm³/mol. The van der Waals surface area contributed by atoms with Crippen LogP contribution in [0, 0.1) is 0 Å². The van der Waals surface area contributed by atoms with Gasteiger partial charge in [0.25, 0.3) is 0 Å². The minimum Gasteiger partial charge on any atom is -0.273 e. The Balaban J connectivity index is 1.87. The van der Waals surface area contributed by atoms with Crippen LogP contribution in [0.1, 0.15) is 16.7 Å². The standard InChI is InChI=1S/C21H16Cl2N2O/c22-18-12-11-17(14-19(18)23)21(16-9-5-2-6-10-16)25-24-20(26)13-15-7-3-1-4-8-15/h1-12,14H,13H2,(H,24,26)/b25-21+. The van der Waals surface area contributed by atoms with Gasteiger partial charge in [-0.25, -0.2) is 5.43 Å². The smallest absolute Gasteiger partial charge is 0.244 e. The van der Waals surface area contributed by atoms with Crippen LogP contribution in [-0.2, 0) is 11.2 Å². The van der Waals surface area contributed by atoms with Gasteiger partial charge in [0.15, 0.2) is 0 Å². The van der Waals surface area contributed by atoms with Gasteiger partial charge in [0, 0.05) is 11.1 Å². The summed E-state index contributed by atoms with van der Waals surface area (Å²) in [5, 5.41) is 5.25. The molecule has 130 valence electrons. The van der Waals surface area contributed by atoms with Crippen molar-refractivity contribution in [1.29, 1.82) is 0 Å². The van der Waals surface area contributed by atoms with E-state index in [0.717, 1.165) is 16.7 Å². The predicted octanol–water partition coefficient (Wildman–Crippen LogP) is 5.10. The summed E-state index contributed by atoms with van der Waals surface area (Å²) in [4.78, 5) is 12.2. The second-order valence-corrected chi connectivity index (χ2v) is 6.47. The fraction of sp³-hybridized carbons (Fsp3) is 0.0476. The van der Waals surface area contributed by atoms with Crippen LogP contribution in [0.5, 0.6) is 0 Å². The largest absolute Gasteiger partial charge is 0.273 e. The number of halogens is 2. The molecule has 0 unspecified atom stereocenters. The van der Waals surface area contributed by atoms with Crippen molar-refractivity contribution < 1.29 is 4.79 Å². The van der Waals surface area contributed by atoms with Crippen molar-refractivity contribution in [3.63, 3.8) is 0 Å². The highest BCUT2D eigenvalue weighted by atomic mass is 35.5. The van der Waals surface area contributed by atoms with Crippen molar-refractivity contribution in [2.45, 2.75) is 6.42 Å². The van der Waals surface area contributed by atoms with Crippen LogP contribution in [0.25, 0.3) is 0 Å². The number of carbonyl (C=O) groups excluding carboxylic acids is 1. The highest BCUT2D eigenvalue weighted by molar-refractivity contribution is 6.42. The van der Waals surface area contributed by atoms with Gasteiger partial charge in [-0.3, -0.25) is 4.79 Å². The van der Waals surface area contributed by atoms with E-state index in [0.29, 0.717) is 15.8 Å². The lowest BCUT2D eigenvalue weighted by Crippen LogP contribution is -2.22. The summed E-state index contributed by atoms with van der Waals surface area (Å²) in [5.74, 6) is -0.190. The highest BCUT2D eigenvalue weighted by Crippen LogP contribution is 2.24. The monoisotopic (exact) mass is 382 g/mol. The van der Waals surface area contributed by atoms with Gasteiger partial charge in [0.1, 0.15) is 0 Å². The molecule has 1 amide bonds. The Morgan fingerprint density at radius 2 is 1.46 bits per heavy atom. The molecule has 3 aromatic carbocycles. The van der Waals surface area contributed by atoms with Gasteiger partial charge in [-0.1, -0.05) is 89.9 Å². The van der Waals surface area contributed by atoms with E-state index >= 15 is 0 Å². The zero-order valence-electron chi connectivity index (χ0n) is 13.8. The average molecular weight is 383 g/mol. The van der Waals surface area contributed by atoms with E-state index in [-0.39, 0.29) is 12.3 Å². The molecule has 3 aromatic rings. The summed E-state index contributed by atoms with van der Waals surface area (Å²) in [6.45, 7) is 0. The highest BCUT2D eigenvalue weighted by Gasteiger charge is 2.10. The molecule has 0 atom stereocenters. The number of carbonyl (C=O) groups is 1. The third-order valence-electron chi connectivity index (χ3n) is 3.74. The first-order valence-corrected chi connectivity index (χ1v) is 8.80. The Hall–Kier alpha value is -2.62. The lowest BCUT2D eigenvalue weighted by Gasteiger charge is -2.09. The van der Waals surface area contributed by atoms with Crippen molar-refractivity contribution in [2.24, 2.45) is 5.10 Å². The van der Waals surface area contributed by atoms with E-state index in [1.54, 1.807) is 12.1 Å². The Kier molecular flexibility index (Phi) is 6.05. The molecule has 0 aliphatic rings. The zero-order chi connectivity index (χ0) is 18.4. The molecule has 0 saturated heterocycles. The van der Waals surface area contributed by atoms with Gasteiger partial charge in [-0.05, 0) is 17.7 Å². The summed E-state index contributed by atoms with van der Waals surface area (Å²) in [7, 11) is 0. The molecule has 5 heteroatoms. The Morgan fingerprint density at radius 1 is 0.808 bits per heavy atom. The topological polar surface area (TPSA) is 41.5 Å². The van der Waals surface area contributed by atoms with Crippen LogP contribution in [0.15, 0.2) is 84.0 Å². The normalized spacial score (nSPS) is 11.2. The molecule has 1 N–H and O–H groups in total. The Bertz CT molecular complexity index is 925. The van der Waals surface area contributed by atoms with Gasteiger partial charge in [-0.2, -0.15) is 5.10 Å². The number of nitrogens with zero attached hydrogens (tertiary/aromatic N) is 1. The molecule has 0 aliphatic carbocycles. The molecule has 0 heterocycles. The van der Waals surface area contributed by atoms with Crippen molar-refractivity contribution in [2.75, 3.05) is 0 Å². The molecule has 0 aliphatic heterocycles. The lowest BCUT2D eigenvalue weighted by molar-refractivity contribution is -0.120. The number of nitrogens with one attached hydrogen (secondary N) is 1. The number of hydrogen-bond acceptors (Lipinski definition) is 2. The molecular formula is C21H16Cl2N2O. The maximum Gasteiger partial charge on any atom is 0.244 e. The molecule has 0 saturated carbocycles. The van der Waals surface area contributed by atoms with E-state index in [1.807, 2.05) is 66.7 Å². The molecule has 26 heavy (non-hydrogen) atoms. The quantitative estimate of drug-likeness (QED) is 0.483.